The van der Waals surface area contributed by atoms with Crippen molar-refractivity contribution in [2.75, 3.05) is 0 Å². The molecule has 0 N–H and O–H groups in total. The van der Waals surface area contributed by atoms with E-state index >= 15 is 0 Å². The van der Waals surface area contributed by atoms with E-state index in [4.69, 9.17) is 16.4 Å². The van der Waals surface area contributed by atoms with Gasteiger partial charge in [-0.1, -0.05) is 58.9 Å². The topological polar surface area (TPSA) is 21.6 Å². The normalized spacial score (nSPS) is 17.9. The molecule has 2 nitrogen and oxygen atoms in total. The first kappa shape index (κ1) is 12.6. The molecule has 0 radical (unpaired) electrons. The molecule has 3 rings (SSSR count). The molecule has 0 saturated heterocycles. The first-order valence-corrected chi connectivity index (χ1v) is 7.27. The predicted octanol–water partition coefficient (Wildman–Crippen LogP) is 4.58. The van der Waals surface area contributed by atoms with Gasteiger partial charge in [-0.2, -0.15) is 0 Å². The maximum atomic E-state index is 5.88. The monoisotopic (exact) mass is 289 g/mol. The Hall–Kier alpha value is -1.45. The smallest absolute Gasteiger partial charge is 0.183 e. The highest BCUT2D eigenvalue weighted by atomic mass is 35.5. The number of hydrogen-bond donors (Lipinski definition) is 0. The van der Waals surface area contributed by atoms with Crippen LogP contribution in [0.3, 0.4) is 0 Å². The fourth-order valence-corrected chi connectivity index (χ4v) is 2.95. The van der Waals surface area contributed by atoms with E-state index in [-0.39, 0.29) is 5.44 Å². The lowest BCUT2D eigenvalue weighted by Crippen LogP contribution is -2.03. The molecule has 1 atom stereocenters. The summed E-state index contributed by atoms with van der Waals surface area (Å²) in [5.41, 5.74) is 2.10. The third kappa shape index (κ3) is 3.11. The molecule has 1 aliphatic heterocycles. The summed E-state index contributed by atoms with van der Waals surface area (Å²) < 4.78 is 0. The number of nitrogens with zero attached hydrogens (tertiary/aromatic N) is 1. The summed E-state index contributed by atoms with van der Waals surface area (Å²) in [4.78, 5) is 6.67. The van der Waals surface area contributed by atoms with E-state index in [0.29, 0.717) is 0 Å². The van der Waals surface area contributed by atoms with Gasteiger partial charge in [0.25, 0.3) is 0 Å². The number of oxime groups is 1. The molecule has 96 valence electrons. The zero-order chi connectivity index (χ0) is 13.1. The Bertz CT molecular complexity index is 583. The molecule has 4 heteroatoms. The predicted molar refractivity (Wildman–Crippen MR) is 79.8 cm³/mol. The second kappa shape index (κ2) is 5.68. The molecule has 1 unspecified atom stereocenters. The first-order chi connectivity index (χ1) is 9.31. The number of thioether (sulfide) groups is 1. The van der Waals surface area contributed by atoms with Crippen molar-refractivity contribution in [3.8, 4) is 0 Å². The molecule has 2 aromatic carbocycles. The first-order valence-electron chi connectivity index (χ1n) is 6.01. The summed E-state index contributed by atoms with van der Waals surface area (Å²) in [5, 5.41) is 4.90. The number of halogens is 1. The van der Waals surface area contributed by atoms with Gasteiger partial charge >= 0.3 is 0 Å². The van der Waals surface area contributed by atoms with Crippen molar-refractivity contribution in [1.29, 1.82) is 0 Å². The SMILES string of the molecule is Clc1ccc(C2=NOC(Sc3ccccc3)C2)cc1. The van der Waals surface area contributed by atoms with Gasteiger partial charge in [-0.3, -0.25) is 0 Å². The Labute approximate surface area is 121 Å². The molecule has 1 heterocycles. The van der Waals surface area contributed by atoms with E-state index in [1.807, 2.05) is 42.5 Å². The van der Waals surface area contributed by atoms with Crippen LogP contribution in [-0.2, 0) is 4.84 Å². The zero-order valence-electron chi connectivity index (χ0n) is 10.1. The van der Waals surface area contributed by atoms with Crippen molar-refractivity contribution < 1.29 is 4.84 Å². The van der Waals surface area contributed by atoms with Crippen molar-refractivity contribution in [1.82, 2.24) is 0 Å². The van der Waals surface area contributed by atoms with E-state index in [2.05, 4.69) is 17.3 Å². The molecule has 0 bridgehead atoms. The van der Waals surface area contributed by atoms with Crippen molar-refractivity contribution in [3.05, 3.63) is 65.2 Å². The van der Waals surface area contributed by atoms with Crippen molar-refractivity contribution in [3.63, 3.8) is 0 Å². The standard InChI is InChI=1S/C15H12ClNOS/c16-12-8-6-11(7-9-12)14-10-15(18-17-14)19-13-4-2-1-3-5-13/h1-9,15H,10H2. The number of rotatable bonds is 3. The Morgan fingerprint density at radius 2 is 1.79 bits per heavy atom. The maximum Gasteiger partial charge on any atom is 0.183 e. The van der Waals surface area contributed by atoms with Crippen LogP contribution in [0.2, 0.25) is 5.02 Å². The lowest BCUT2D eigenvalue weighted by Gasteiger charge is -2.07. The fraction of sp³-hybridized carbons (Fsp3) is 0.133. The quantitative estimate of drug-likeness (QED) is 0.825. The minimum atomic E-state index is 0.0491. The summed E-state index contributed by atoms with van der Waals surface area (Å²) in [7, 11) is 0. The second-order valence-corrected chi connectivity index (χ2v) is 5.88. The van der Waals surface area contributed by atoms with Crippen molar-refractivity contribution in [2.24, 2.45) is 5.16 Å². The minimum Gasteiger partial charge on any atom is -0.380 e. The van der Waals surface area contributed by atoms with Crippen LogP contribution in [0.25, 0.3) is 0 Å². The molecule has 0 saturated carbocycles. The average Bonchev–Trinajstić information content (AvgIpc) is 2.89. The lowest BCUT2D eigenvalue weighted by molar-refractivity contribution is 0.148. The largest absolute Gasteiger partial charge is 0.380 e. The molecule has 0 amide bonds. The molecule has 0 fully saturated rings. The van der Waals surface area contributed by atoms with Crippen LogP contribution in [-0.4, -0.2) is 11.1 Å². The van der Waals surface area contributed by atoms with Gasteiger partial charge in [-0.25, -0.2) is 0 Å². The molecular weight excluding hydrogens is 278 g/mol. The van der Waals surface area contributed by atoms with Gasteiger partial charge in [-0.05, 0) is 29.8 Å². The van der Waals surface area contributed by atoms with E-state index < -0.39 is 0 Å². The van der Waals surface area contributed by atoms with Gasteiger partial charge in [0.1, 0.15) is 0 Å². The Morgan fingerprint density at radius 3 is 2.53 bits per heavy atom. The minimum absolute atomic E-state index is 0.0491. The van der Waals surface area contributed by atoms with Crippen molar-refractivity contribution >= 4 is 29.1 Å². The Kier molecular flexibility index (Phi) is 3.76. The van der Waals surface area contributed by atoms with E-state index in [9.17, 15) is 0 Å². The Morgan fingerprint density at radius 1 is 1.05 bits per heavy atom. The van der Waals surface area contributed by atoms with E-state index in [1.54, 1.807) is 11.8 Å². The molecule has 19 heavy (non-hydrogen) atoms. The lowest BCUT2D eigenvalue weighted by atomic mass is 10.1. The van der Waals surface area contributed by atoms with E-state index in [0.717, 1.165) is 22.7 Å². The molecule has 2 aromatic rings. The van der Waals surface area contributed by atoms with Crippen LogP contribution in [0.5, 0.6) is 0 Å². The average molecular weight is 290 g/mol. The summed E-state index contributed by atoms with van der Waals surface area (Å²) >= 11 is 7.57. The molecule has 0 aliphatic carbocycles. The summed E-state index contributed by atoms with van der Waals surface area (Å²) in [6, 6.07) is 17.9. The Balaban J connectivity index is 1.65. The van der Waals surface area contributed by atoms with Gasteiger partial charge in [0.2, 0.25) is 0 Å². The van der Waals surface area contributed by atoms with Gasteiger partial charge in [0, 0.05) is 16.3 Å². The number of benzene rings is 2. The van der Waals surface area contributed by atoms with Gasteiger partial charge in [-0.15, -0.1) is 0 Å². The number of hydrogen-bond acceptors (Lipinski definition) is 3. The zero-order valence-corrected chi connectivity index (χ0v) is 11.7. The van der Waals surface area contributed by atoms with Gasteiger partial charge in [0.15, 0.2) is 5.44 Å². The summed E-state index contributed by atoms with van der Waals surface area (Å²) in [6.45, 7) is 0. The van der Waals surface area contributed by atoms with Crippen LogP contribution >= 0.6 is 23.4 Å². The highest BCUT2D eigenvalue weighted by Crippen LogP contribution is 2.31. The third-order valence-electron chi connectivity index (χ3n) is 2.83. The van der Waals surface area contributed by atoms with E-state index in [1.165, 1.54) is 4.90 Å². The van der Waals surface area contributed by atoms with Crippen molar-refractivity contribution in [2.45, 2.75) is 16.8 Å². The molecular formula is C15H12ClNOS. The van der Waals surface area contributed by atoms with Gasteiger partial charge in [0.05, 0.1) is 5.71 Å². The molecule has 0 spiro atoms. The molecule has 0 aromatic heterocycles. The van der Waals surface area contributed by atoms with Crippen LogP contribution in [0.1, 0.15) is 12.0 Å². The second-order valence-electron chi connectivity index (χ2n) is 4.21. The summed E-state index contributed by atoms with van der Waals surface area (Å²) in [6.07, 6.45) is 0.807. The fourth-order valence-electron chi connectivity index (χ4n) is 1.88. The third-order valence-corrected chi connectivity index (χ3v) is 4.14. The van der Waals surface area contributed by atoms with Crippen LogP contribution in [0.15, 0.2) is 64.6 Å². The van der Waals surface area contributed by atoms with Gasteiger partial charge < -0.3 is 4.84 Å². The van der Waals surface area contributed by atoms with Crippen LogP contribution < -0.4 is 0 Å². The summed E-state index contributed by atoms with van der Waals surface area (Å²) in [5.74, 6) is 0. The maximum absolute atomic E-state index is 5.88. The van der Waals surface area contributed by atoms with Crippen LogP contribution in [0, 0.1) is 0 Å². The highest BCUT2D eigenvalue weighted by Gasteiger charge is 2.22. The highest BCUT2D eigenvalue weighted by molar-refractivity contribution is 7.99. The molecule has 1 aliphatic rings. The van der Waals surface area contributed by atoms with Crippen LogP contribution in [0.4, 0.5) is 0 Å².